The molecule has 0 fully saturated rings. The highest BCUT2D eigenvalue weighted by atomic mass is 32.2. The molecule has 1 aliphatic rings. The number of hydrogen-bond donors (Lipinski definition) is 0. The smallest absolute Gasteiger partial charge is 0.199 e. The van der Waals surface area contributed by atoms with E-state index >= 15 is 0 Å². The summed E-state index contributed by atoms with van der Waals surface area (Å²) in [6.45, 7) is 6.22. The number of sulfonamides is 1. The van der Waals surface area contributed by atoms with Gasteiger partial charge in [0, 0.05) is 5.56 Å². The average Bonchev–Trinajstić information content (AvgIpc) is 2.37. The highest BCUT2D eigenvalue weighted by molar-refractivity contribution is 7.90. The molecule has 0 spiro atoms. The summed E-state index contributed by atoms with van der Waals surface area (Å²) in [6.07, 6.45) is 0.670. The minimum Gasteiger partial charge on any atom is -0.199 e. The van der Waals surface area contributed by atoms with E-state index in [-0.39, 0.29) is 5.41 Å². The molecule has 1 aromatic rings. The van der Waals surface area contributed by atoms with Crippen molar-refractivity contribution in [2.75, 3.05) is 0 Å². The van der Waals surface area contributed by atoms with Crippen LogP contribution in [0.4, 0.5) is 0 Å². The Balaban J connectivity index is 2.52. The molecule has 16 heavy (non-hydrogen) atoms. The predicted octanol–water partition coefficient (Wildman–Crippen LogP) is 2.61. The zero-order valence-corrected chi connectivity index (χ0v) is 10.5. The third-order valence-electron chi connectivity index (χ3n) is 2.40. The van der Waals surface area contributed by atoms with Crippen molar-refractivity contribution in [1.29, 1.82) is 0 Å². The Morgan fingerprint density at radius 1 is 1.19 bits per heavy atom. The molecular formula is C12H15NO2S. The summed E-state index contributed by atoms with van der Waals surface area (Å²) in [5.74, 6) is 0. The lowest BCUT2D eigenvalue weighted by molar-refractivity contribution is 0.434. The molecule has 1 heterocycles. The highest BCUT2D eigenvalue weighted by Gasteiger charge is 2.30. The van der Waals surface area contributed by atoms with Crippen molar-refractivity contribution in [1.82, 2.24) is 0 Å². The summed E-state index contributed by atoms with van der Waals surface area (Å²) in [6, 6.07) is 7.01. The topological polar surface area (TPSA) is 46.5 Å². The van der Waals surface area contributed by atoms with Gasteiger partial charge in [-0.15, -0.1) is 0 Å². The molecule has 4 heteroatoms. The quantitative estimate of drug-likeness (QED) is 0.753. The summed E-state index contributed by atoms with van der Waals surface area (Å²) >= 11 is 0. The maximum Gasteiger partial charge on any atom is 0.283 e. The number of benzene rings is 1. The third-order valence-corrected chi connectivity index (χ3v) is 3.78. The Morgan fingerprint density at radius 3 is 2.44 bits per heavy atom. The van der Waals surface area contributed by atoms with Crippen molar-refractivity contribution >= 4 is 15.7 Å². The molecule has 1 aliphatic heterocycles. The van der Waals surface area contributed by atoms with Gasteiger partial charge in [0.2, 0.25) is 0 Å². The van der Waals surface area contributed by atoms with E-state index < -0.39 is 10.0 Å². The molecule has 0 amide bonds. The van der Waals surface area contributed by atoms with E-state index in [4.69, 9.17) is 0 Å². The Kier molecular flexibility index (Phi) is 2.42. The van der Waals surface area contributed by atoms with Crippen LogP contribution in [0.1, 0.15) is 32.8 Å². The Hall–Kier alpha value is -1.16. The number of rotatable bonds is 1. The Morgan fingerprint density at radius 2 is 1.81 bits per heavy atom. The first-order valence-corrected chi connectivity index (χ1v) is 6.67. The second-order valence-corrected chi connectivity index (χ2v) is 6.82. The largest absolute Gasteiger partial charge is 0.283 e. The first kappa shape index (κ1) is 11.3. The Bertz CT molecular complexity index is 551. The van der Waals surface area contributed by atoms with E-state index in [1.165, 1.54) is 0 Å². The maximum atomic E-state index is 11.8. The molecule has 0 saturated heterocycles. The van der Waals surface area contributed by atoms with Gasteiger partial charge in [-0.3, -0.25) is 0 Å². The van der Waals surface area contributed by atoms with Crippen molar-refractivity contribution in [3.8, 4) is 0 Å². The van der Waals surface area contributed by atoms with E-state index in [1.807, 2.05) is 12.1 Å². The van der Waals surface area contributed by atoms with Crippen molar-refractivity contribution < 1.29 is 8.42 Å². The van der Waals surface area contributed by atoms with Gasteiger partial charge in [0.15, 0.2) is 0 Å². The summed E-state index contributed by atoms with van der Waals surface area (Å²) in [5.41, 5.74) is 1.48. The molecular weight excluding hydrogens is 222 g/mol. The lowest BCUT2D eigenvalue weighted by Gasteiger charge is -2.17. The molecule has 0 bridgehead atoms. The van der Waals surface area contributed by atoms with Crippen molar-refractivity contribution in [3.63, 3.8) is 0 Å². The van der Waals surface area contributed by atoms with Gasteiger partial charge in [-0.25, -0.2) is 0 Å². The molecule has 0 radical (unpaired) electrons. The molecule has 0 atom stereocenters. The molecule has 3 nitrogen and oxygen atoms in total. The highest BCUT2D eigenvalue weighted by Crippen LogP contribution is 2.31. The van der Waals surface area contributed by atoms with Crippen molar-refractivity contribution in [3.05, 3.63) is 29.8 Å². The minimum atomic E-state index is -3.44. The summed E-state index contributed by atoms with van der Waals surface area (Å²) in [7, 11) is -3.44. The van der Waals surface area contributed by atoms with Gasteiger partial charge < -0.3 is 0 Å². The minimum absolute atomic E-state index is 0.0335. The lowest BCUT2D eigenvalue weighted by atomic mass is 9.87. The van der Waals surface area contributed by atoms with Crippen LogP contribution in [-0.2, 0) is 10.0 Å². The van der Waals surface area contributed by atoms with Crippen LogP contribution in [0.5, 0.6) is 0 Å². The standard InChI is InChI=1S/C12H15NO2S/c1-12(2,3)8-10-9-6-4-5-7-11(9)16(14,15)13-10/h4-7H,8H2,1-3H3. The van der Waals surface area contributed by atoms with Crippen LogP contribution in [0, 0.1) is 5.41 Å². The molecule has 0 unspecified atom stereocenters. The second kappa shape index (κ2) is 3.42. The van der Waals surface area contributed by atoms with Gasteiger partial charge in [0.05, 0.1) is 10.6 Å². The lowest BCUT2D eigenvalue weighted by Crippen LogP contribution is -2.12. The van der Waals surface area contributed by atoms with Gasteiger partial charge in [-0.1, -0.05) is 39.0 Å². The van der Waals surface area contributed by atoms with Crippen molar-refractivity contribution in [2.24, 2.45) is 9.81 Å². The number of nitrogens with zero attached hydrogens (tertiary/aromatic N) is 1. The van der Waals surface area contributed by atoms with Gasteiger partial charge in [0.1, 0.15) is 0 Å². The second-order valence-electron chi connectivity index (χ2n) is 5.25. The molecule has 0 aromatic heterocycles. The third kappa shape index (κ3) is 2.02. The van der Waals surface area contributed by atoms with Crippen LogP contribution < -0.4 is 0 Å². The van der Waals surface area contributed by atoms with Gasteiger partial charge >= 0.3 is 0 Å². The normalized spacial score (nSPS) is 18.1. The molecule has 0 N–H and O–H groups in total. The Labute approximate surface area is 96.3 Å². The van der Waals surface area contributed by atoms with Crippen LogP contribution in [0.25, 0.3) is 0 Å². The van der Waals surface area contributed by atoms with Crippen molar-refractivity contribution in [2.45, 2.75) is 32.1 Å². The predicted molar refractivity (Wildman–Crippen MR) is 64.2 cm³/mol. The van der Waals surface area contributed by atoms with Gasteiger partial charge in [-0.2, -0.15) is 12.8 Å². The summed E-state index contributed by atoms with van der Waals surface area (Å²) in [4.78, 5) is 0.342. The molecule has 1 aromatic carbocycles. The van der Waals surface area contributed by atoms with E-state index in [2.05, 4.69) is 25.2 Å². The van der Waals surface area contributed by atoms with E-state index in [9.17, 15) is 8.42 Å². The zero-order chi connectivity index (χ0) is 12.0. The van der Waals surface area contributed by atoms with Crippen LogP contribution >= 0.6 is 0 Å². The van der Waals surface area contributed by atoms with E-state index in [1.54, 1.807) is 12.1 Å². The van der Waals surface area contributed by atoms with Gasteiger partial charge in [-0.05, 0) is 17.9 Å². The van der Waals surface area contributed by atoms with Crippen LogP contribution in [0.15, 0.2) is 33.6 Å². The van der Waals surface area contributed by atoms with E-state index in [0.29, 0.717) is 17.0 Å². The maximum absolute atomic E-state index is 11.8. The van der Waals surface area contributed by atoms with E-state index in [0.717, 1.165) is 5.56 Å². The van der Waals surface area contributed by atoms with Crippen LogP contribution in [0.3, 0.4) is 0 Å². The first-order valence-electron chi connectivity index (χ1n) is 5.23. The van der Waals surface area contributed by atoms with Crippen LogP contribution in [0.2, 0.25) is 0 Å². The molecule has 86 valence electrons. The molecule has 0 saturated carbocycles. The fourth-order valence-corrected chi connectivity index (χ4v) is 3.07. The van der Waals surface area contributed by atoms with Gasteiger partial charge in [0.25, 0.3) is 10.0 Å². The fraction of sp³-hybridized carbons (Fsp3) is 0.417. The average molecular weight is 237 g/mol. The SMILES string of the molecule is CC(C)(C)CC1=NS(=O)(=O)c2ccccc21. The number of fused-ring (bicyclic) bond motifs is 1. The number of hydrogen-bond acceptors (Lipinski definition) is 2. The zero-order valence-electron chi connectivity index (χ0n) is 9.69. The molecule has 0 aliphatic carbocycles. The fourth-order valence-electron chi connectivity index (χ4n) is 1.80. The molecule has 2 rings (SSSR count). The van der Waals surface area contributed by atoms with Crippen LogP contribution in [-0.4, -0.2) is 14.1 Å². The summed E-state index contributed by atoms with van der Waals surface area (Å²) in [5, 5.41) is 0. The monoisotopic (exact) mass is 237 g/mol. The summed E-state index contributed by atoms with van der Waals surface area (Å²) < 4.78 is 27.4. The first-order chi connectivity index (χ1) is 7.30.